The van der Waals surface area contributed by atoms with Gasteiger partial charge >= 0.3 is 0 Å². The van der Waals surface area contributed by atoms with E-state index >= 15 is 0 Å². The summed E-state index contributed by atoms with van der Waals surface area (Å²) in [5.74, 6) is 0.900. The molecule has 5 nitrogen and oxygen atoms in total. The molecule has 0 radical (unpaired) electrons. The highest BCUT2D eigenvalue weighted by atomic mass is 32.2. The number of rotatable bonds is 3. The largest absolute Gasteiger partial charge is 0.488 e. The van der Waals surface area contributed by atoms with Gasteiger partial charge in [-0.2, -0.15) is 0 Å². The third kappa shape index (κ3) is 3.28. The van der Waals surface area contributed by atoms with Gasteiger partial charge in [-0.15, -0.1) is 0 Å². The second kappa shape index (κ2) is 5.73. The first-order valence-electron chi connectivity index (χ1n) is 9.06. The molecule has 1 aliphatic carbocycles. The van der Waals surface area contributed by atoms with Crippen molar-refractivity contribution in [3.8, 4) is 5.75 Å². The van der Waals surface area contributed by atoms with E-state index in [2.05, 4.69) is 0 Å². The van der Waals surface area contributed by atoms with Crippen molar-refractivity contribution in [3.63, 3.8) is 0 Å². The minimum atomic E-state index is -3.01. The van der Waals surface area contributed by atoms with Crippen LogP contribution in [0.25, 0.3) is 0 Å². The summed E-state index contributed by atoms with van der Waals surface area (Å²) >= 11 is 0. The van der Waals surface area contributed by atoms with Gasteiger partial charge < -0.3 is 9.64 Å². The minimum absolute atomic E-state index is 0.0772. The number of benzene rings is 1. The van der Waals surface area contributed by atoms with Gasteiger partial charge in [-0.05, 0) is 39.2 Å². The molecule has 0 spiro atoms. The number of amides is 1. The van der Waals surface area contributed by atoms with Crippen molar-refractivity contribution in [1.82, 2.24) is 4.90 Å². The van der Waals surface area contributed by atoms with Crippen molar-refractivity contribution < 1.29 is 17.9 Å². The zero-order valence-electron chi connectivity index (χ0n) is 14.8. The lowest BCUT2D eigenvalue weighted by Crippen LogP contribution is -2.48. The third-order valence-electron chi connectivity index (χ3n) is 5.47. The zero-order chi connectivity index (χ0) is 17.8. The molecule has 2 unspecified atom stereocenters. The van der Waals surface area contributed by atoms with Gasteiger partial charge in [-0.1, -0.05) is 18.2 Å². The second-order valence-corrected chi connectivity index (χ2v) is 10.4. The molecule has 6 heteroatoms. The lowest BCUT2D eigenvalue weighted by molar-refractivity contribution is -0.137. The van der Waals surface area contributed by atoms with Crippen LogP contribution in [-0.4, -0.2) is 48.4 Å². The van der Waals surface area contributed by atoms with Crippen molar-refractivity contribution in [1.29, 1.82) is 0 Å². The summed E-state index contributed by atoms with van der Waals surface area (Å²) in [6, 6.07) is 7.78. The molecule has 3 aliphatic rings. The molecule has 1 saturated heterocycles. The first kappa shape index (κ1) is 16.9. The number of carbonyl (C=O) groups is 1. The standard InChI is InChI=1S/C19H25NO4S/c1-19(2)11-16(15-5-3-4-6-17(15)24-19)18(21)20(13-7-8-13)14-9-10-25(22,23)12-14/h3-6,13-14,16H,7-12H2,1-2H3. The van der Waals surface area contributed by atoms with Crippen LogP contribution in [-0.2, 0) is 14.6 Å². The van der Waals surface area contributed by atoms with Gasteiger partial charge in [-0.25, -0.2) is 8.42 Å². The zero-order valence-corrected chi connectivity index (χ0v) is 15.6. The van der Waals surface area contributed by atoms with Crippen LogP contribution in [0, 0.1) is 0 Å². The quantitative estimate of drug-likeness (QED) is 0.828. The van der Waals surface area contributed by atoms with Gasteiger partial charge in [0.1, 0.15) is 11.4 Å². The molecule has 4 rings (SSSR count). The first-order valence-corrected chi connectivity index (χ1v) is 10.9. The molecule has 2 heterocycles. The van der Waals surface area contributed by atoms with E-state index in [1.807, 2.05) is 43.0 Å². The van der Waals surface area contributed by atoms with Crippen molar-refractivity contribution in [2.45, 2.75) is 63.1 Å². The van der Waals surface area contributed by atoms with E-state index in [0.717, 1.165) is 24.2 Å². The van der Waals surface area contributed by atoms with E-state index in [1.165, 1.54) is 0 Å². The summed E-state index contributed by atoms with van der Waals surface area (Å²) in [4.78, 5) is 15.4. The second-order valence-electron chi connectivity index (χ2n) is 8.19. The Morgan fingerprint density at radius 1 is 1.16 bits per heavy atom. The molecular weight excluding hydrogens is 338 g/mol. The summed E-state index contributed by atoms with van der Waals surface area (Å²) < 4.78 is 29.9. The number of sulfone groups is 1. The van der Waals surface area contributed by atoms with Crippen LogP contribution >= 0.6 is 0 Å². The highest BCUT2D eigenvalue weighted by Crippen LogP contribution is 2.44. The van der Waals surface area contributed by atoms with Crippen LogP contribution in [0.1, 0.15) is 51.0 Å². The maximum atomic E-state index is 13.5. The van der Waals surface area contributed by atoms with Crippen LogP contribution in [0.15, 0.2) is 24.3 Å². The molecule has 0 bridgehead atoms. The molecule has 0 N–H and O–H groups in total. The minimum Gasteiger partial charge on any atom is -0.488 e. The van der Waals surface area contributed by atoms with Crippen LogP contribution in [0.2, 0.25) is 0 Å². The maximum absolute atomic E-state index is 13.5. The van der Waals surface area contributed by atoms with E-state index in [4.69, 9.17) is 4.74 Å². The van der Waals surface area contributed by atoms with Gasteiger partial charge in [0.25, 0.3) is 0 Å². The van der Waals surface area contributed by atoms with Gasteiger partial charge in [0, 0.05) is 24.1 Å². The molecule has 136 valence electrons. The van der Waals surface area contributed by atoms with Crippen molar-refractivity contribution in [3.05, 3.63) is 29.8 Å². The monoisotopic (exact) mass is 363 g/mol. The molecule has 0 aromatic heterocycles. The Morgan fingerprint density at radius 3 is 2.52 bits per heavy atom. The number of ether oxygens (including phenoxy) is 1. The normalized spacial score (nSPS) is 29.5. The molecule has 1 aromatic rings. The number of para-hydroxylation sites is 1. The molecule has 25 heavy (non-hydrogen) atoms. The van der Waals surface area contributed by atoms with E-state index < -0.39 is 15.4 Å². The number of fused-ring (bicyclic) bond motifs is 1. The first-order chi connectivity index (χ1) is 11.8. The SMILES string of the molecule is CC1(C)CC(C(=O)N(C2CC2)C2CCS(=O)(=O)C2)c2ccccc2O1. The lowest BCUT2D eigenvalue weighted by atomic mass is 9.83. The Balaban J connectivity index is 1.67. The summed E-state index contributed by atoms with van der Waals surface area (Å²) in [5.41, 5.74) is 0.518. The molecule has 2 fully saturated rings. The van der Waals surface area contributed by atoms with Gasteiger partial charge in [0.15, 0.2) is 9.84 Å². The number of carbonyl (C=O) groups excluding carboxylic acids is 1. The summed E-state index contributed by atoms with van der Waals surface area (Å²) in [6.07, 6.45) is 3.15. The third-order valence-corrected chi connectivity index (χ3v) is 7.22. The van der Waals surface area contributed by atoms with Crippen molar-refractivity contribution in [2.75, 3.05) is 11.5 Å². The highest BCUT2D eigenvalue weighted by molar-refractivity contribution is 7.91. The Bertz CT molecular complexity index is 797. The van der Waals surface area contributed by atoms with Crippen LogP contribution < -0.4 is 4.74 Å². The Morgan fingerprint density at radius 2 is 1.88 bits per heavy atom. The fourth-order valence-electron chi connectivity index (χ4n) is 4.21. The molecule has 1 amide bonds. The molecule has 1 saturated carbocycles. The van der Waals surface area contributed by atoms with Crippen molar-refractivity contribution in [2.24, 2.45) is 0 Å². The molecule has 2 atom stereocenters. The smallest absolute Gasteiger partial charge is 0.230 e. The molecule has 2 aliphatic heterocycles. The fraction of sp³-hybridized carbons (Fsp3) is 0.632. The number of hydrogen-bond donors (Lipinski definition) is 0. The van der Waals surface area contributed by atoms with Crippen LogP contribution in [0.3, 0.4) is 0 Å². The highest BCUT2D eigenvalue weighted by Gasteiger charge is 2.46. The topological polar surface area (TPSA) is 63.7 Å². The fourth-order valence-corrected chi connectivity index (χ4v) is 5.92. The predicted molar refractivity (Wildman–Crippen MR) is 95.4 cm³/mol. The van der Waals surface area contributed by atoms with Crippen molar-refractivity contribution >= 4 is 15.7 Å². The Labute approximate surface area is 149 Å². The predicted octanol–water partition coefficient (Wildman–Crippen LogP) is 2.51. The van der Waals surface area contributed by atoms with Gasteiger partial charge in [0.2, 0.25) is 5.91 Å². The van der Waals surface area contributed by atoms with Gasteiger partial charge in [0.05, 0.1) is 17.4 Å². The van der Waals surface area contributed by atoms with E-state index in [9.17, 15) is 13.2 Å². The number of nitrogens with zero attached hydrogens (tertiary/aromatic N) is 1. The Hall–Kier alpha value is -1.56. The number of hydrogen-bond acceptors (Lipinski definition) is 4. The van der Waals surface area contributed by atoms with Crippen LogP contribution in [0.4, 0.5) is 0 Å². The lowest BCUT2D eigenvalue weighted by Gasteiger charge is -2.40. The molecule has 1 aromatic carbocycles. The summed E-state index contributed by atoms with van der Waals surface area (Å²) in [7, 11) is -3.01. The average molecular weight is 363 g/mol. The van der Waals surface area contributed by atoms with E-state index in [-0.39, 0.29) is 35.4 Å². The van der Waals surface area contributed by atoms with Crippen LogP contribution in [0.5, 0.6) is 5.75 Å². The Kier molecular flexibility index (Phi) is 3.87. The van der Waals surface area contributed by atoms with E-state index in [0.29, 0.717) is 12.8 Å². The van der Waals surface area contributed by atoms with Gasteiger partial charge in [-0.3, -0.25) is 4.79 Å². The summed E-state index contributed by atoms with van der Waals surface area (Å²) in [6.45, 7) is 4.01. The molecular formula is C19H25NO4S. The maximum Gasteiger partial charge on any atom is 0.230 e. The van der Waals surface area contributed by atoms with E-state index in [1.54, 1.807) is 0 Å². The summed E-state index contributed by atoms with van der Waals surface area (Å²) in [5, 5.41) is 0. The average Bonchev–Trinajstić information content (AvgIpc) is 3.29.